The number of anilines is 1. The van der Waals surface area contributed by atoms with Gasteiger partial charge in [-0.3, -0.25) is 9.59 Å². The molecule has 0 saturated heterocycles. The van der Waals surface area contributed by atoms with E-state index in [-0.39, 0.29) is 23.9 Å². The minimum Gasteiger partial charge on any atom is -0.355 e. The van der Waals surface area contributed by atoms with Gasteiger partial charge in [0.25, 0.3) is 5.91 Å². The van der Waals surface area contributed by atoms with Crippen molar-refractivity contribution in [3.8, 4) is 0 Å². The lowest BCUT2D eigenvalue weighted by atomic mass is 10.1. The number of hydrogen-bond acceptors (Lipinski definition) is 3. The molecule has 0 aromatic heterocycles. The number of amides is 2. The van der Waals surface area contributed by atoms with Crippen LogP contribution in [-0.2, 0) is 4.79 Å². The van der Waals surface area contributed by atoms with Gasteiger partial charge in [0.15, 0.2) is 0 Å². The summed E-state index contributed by atoms with van der Waals surface area (Å²) < 4.78 is 0. The molecule has 0 aliphatic heterocycles. The molecule has 0 spiro atoms. The van der Waals surface area contributed by atoms with Crippen molar-refractivity contribution in [3.63, 3.8) is 0 Å². The fourth-order valence-electron chi connectivity index (χ4n) is 1.46. The van der Waals surface area contributed by atoms with E-state index in [9.17, 15) is 9.59 Å². The highest BCUT2D eigenvalue weighted by molar-refractivity contribution is 6.34. The van der Waals surface area contributed by atoms with Crippen molar-refractivity contribution in [1.29, 1.82) is 0 Å². The minimum absolute atomic E-state index is 0.134. The van der Waals surface area contributed by atoms with E-state index in [0.717, 1.165) is 0 Å². The van der Waals surface area contributed by atoms with Gasteiger partial charge in [-0.2, -0.15) is 0 Å². The monoisotopic (exact) mass is 297 g/mol. The molecule has 0 bridgehead atoms. The second kappa shape index (κ2) is 6.72. The third kappa shape index (κ3) is 5.19. The van der Waals surface area contributed by atoms with E-state index in [1.807, 2.05) is 20.8 Å². The van der Waals surface area contributed by atoms with Gasteiger partial charge < -0.3 is 16.0 Å². The molecular formula is C14H20ClN3O2. The van der Waals surface area contributed by atoms with Crippen molar-refractivity contribution < 1.29 is 9.59 Å². The lowest BCUT2D eigenvalue weighted by molar-refractivity contribution is -0.115. The van der Waals surface area contributed by atoms with E-state index in [0.29, 0.717) is 16.3 Å². The Kier molecular flexibility index (Phi) is 5.53. The van der Waals surface area contributed by atoms with Gasteiger partial charge in [-0.15, -0.1) is 0 Å². The van der Waals surface area contributed by atoms with E-state index < -0.39 is 0 Å². The zero-order valence-corrected chi connectivity index (χ0v) is 12.9. The minimum atomic E-state index is -0.293. The number of nitrogens with one attached hydrogen (secondary N) is 3. The SMILES string of the molecule is CNC(=O)c1cc(NC(=O)CNC(C)(C)C)ccc1Cl. The molecule has 1 aromatic carbocycles. The topological polar surface area (TPSA) is 70.2 Å². The van der Waals surface area contributed by atoms with Crippen LogP contribution in [0.3, 0.4) is 0 Å². The van der Waals surface area contributed by atoms with Gasteiger partial charge in [0.1, 0.15) is 0 Å². The first-order valence-electron chi connectivity index (χ1n) is 6.29. The summed E-state index contributed by atoms with van der Waals surface area (Å²) in [6, 6.07) is 4.79. The van der Waals surface area contributed by atoms with E-state index in [4.69, 9.17) is 11.6 Å². The molecule has 0 heterocycles. The molecule has 0 aliphatic rings. The van der Waals surface area contributed by atoms with E-state index >= 15 is 0 Å². The van der Waals surface area contributed by atoms with Crippen LogP contribution in [0.4, 0.5) is 5.69 Å². The summed E-state index contributed by atoms with van der Waals surface area (Å²) in [7, 11) is 1.52. The van der Waals surface area contributed by atoms with Crippen molar-refractivity contribution in [2.24, 2.45) is 0 Å². The maximum atomic E-state index is 11.8. The van der Waals surface area contributed by atoms with Crippen LogP contribution in [0, 0.1) is 0 Å². The zero-order valence-electron chi connectivity index (χ0n) is 12.1. The van der Waals surface area contributed by atoms with Crippen LogP contribution in [0.25, 0.3) is 0 Å². The molecule has 20 heavy (non-hydrogen) atoms. The van der Waals surface area contributed by atoms with Gasteiger partial charge >= 0.3 is 0 Å². The Morgan fingerprint density at radius 3 is 2.45 bits per heavy atom. The largest absolute Gasteiger partial charge is 0.355 e. The number of hydrogen-bond donors (Lipinski definition) is 3. The quantitative estimate of drug-likeness (QED) is 0.796. The first kappa shape index (κ1) is 16.5. The average Bonchev–Trinajstić information content (AvgIpc) is 2.37. The third-order valence-electron chi connectivity index (χ3n) is 2.50. The normalized spacial score (nSPS) is 11.1. The summed E-state index contributed by atoms with van der Waals surface area (Å²) in [6.45, 7) is 6.13. The predicted molar refractivity (Wildman–Crippen MR) is 81.2 cm³/mol. The zero-order chi connectivity index (χ0) is 15.3. The Morgan fingerprint density at radius 2 is 1.90 bits per heavy atom. The number of benzene rings is 1. The molecule has 5 nitrogen and oxygen atoms in total. The molecule has 0 aliphatic carbocycles. The summed E-state index contributed by atoms with van der Waals surface area (Å²) in [5, 5.41) is 8.65. The first-order chi connectivity index (χ1) is 9.23. The summed E-state index contributed by atoms with van der Waals surface area (Å²) >= 11 is 5.94. The molecule has 0 atom stereocenters. The summed E-state index contributed by atoms with van der Waals surface area (Å²) in [5.41, 5.74) is 0.731. The van der Waals surface area contributed by atoms with Gasteiger partial charge in [0.2, 0.25) is 5.91 Å². The second-order valence-corrected chi connectivity index (χ2v) is 5.83. The van der Waals surface area contributed by atoms with Crippen LogP contribution in [0.15, 0.2) is 18.2 Å². The third-order valence-corrected chi connectivity index (χ3v) is 2.83. The fraction of sp³-hybridized carbons (Fsp3) is 0.429. The van der Waals surface area contributed by atoms with Gasteiger partial charge in [-0.25, -0.2) is 0 Å². The number of halogens is 1. The van der Waals surface area contributed by atoms with Gasteiger partial charge in [0.05, 0.1) is 17.1 Å². The smallest absolute Gasteiger partial charge is 0.252 e. The molecular weight excluding hydrogens is 278 g/mol. The number of carbonyl (C=O) groups is 2. The van der Waals surface area contributed by atoms with Crippen molar-refractivity contribution >= 4 is 29.1 Å². The van der Waals surface area contributed by atoms with E-state index in [1.165, 1.54) is 7.05 Å². The molecule has 1 rings (SSSR count). The summed E-state index contributed by atoms with van der Waals surface area (Å²) in [6.07, 6.45) is 0. The second-order valence-electron chi connectivity index (χ2n) is 5.43. The molecule has 110 valence electrons. The average molecular weight is 298 g/mol. The standard InChI is InChI=1S/C14H20ClN3O2/c1-14(2,3)17-8-12(19)18-9-5-6-11(15)10(7-9)13(20)16-4/h5-7,17H,8H2,1-4H3,(H,16,20)(H,18,19). The van der Waals surface area contributed by atoms with Gasteiger partial charge in [-0.05, 0) is 39.0 Å². The van der Waals surface area contributed by atoms with Crippen molar-refractivity contribution in [3.05, 3.63) is 28.8 Å². The Bertz CT molecular complexity index is 510. The van der Waals surface area contributed by atoms with Crippen LogP contribution in [-0.4, -0.2) is 30.9 Å². The van der Waals surface area contributed by atoms with E-state index in [1.54, 1.807) is 18.2 Å². The predicted octanol–water partition coefficient (Wildman–Crippen LogP) is 2.03. The van der Waals surface area contributed by atoms with Crippen LogP contribution >= 0.6 is 11.6 Å². The highest BCUT2D eigenvalue weighted by Gasteiger charge is 2.13. The highest BCUT2D eigenvalue weighted by Crippen LogP contribution is 2.20. The van der Waals surface area contributed by atoms with Gasteiger partial charge in [-0.1, -0.05) is 11.6 Å². The lowest BCUT2D eigenvalue weighted by Gasteiger charge is -2.20. The molecule has 0 fully saturated rings. The Morgan fingerprint density at radius 1 is 1.25 bits per heavy atom. The van der Waals surface area contributed by atoms with Crippen LogP contribution in [0.1, 0.15) is 31.1 Å². The maximum absolute atomic E-state index is 11.8. The molecule has 3 N–H and O–H groups in total. The van der Waals surface area contributed by atoms with Gasteiger partial charge in [0, 0.05) is 18.3 Å². The lowest BCUT2D eigenvalue weighted by Crippen LogP contribution is -2.41. The molecule has 0 unspecified atom stereocenters. The molecule has 0 saturated carbocycles. The van der Waals surface area contributed by atoms with Crippen LogP contribution in [0.2, 0.25) is 5.02 Å². The maximum Gasteiger partial charge on any atom is 0.252 e. The fourth-order valence-corrected chi connectivity index (χ4v) is 1.67. The Balaban J connectivity index is 2.73. The summed E-state index contributed by atoms with van der Waals surface area (Å²) in [4.78, 5) is 23.4. The molecule has 0 radical (unpaired) electrons. The number of rotatable bonds is 4. The number of carbonyl (C=O) groups excluding carboxylic acids is 2. The van der Waals surface area contributed by atoms with Crippen LogP contribution < -0.4 is 16.0 Å². The van der Waals surface area contributed by atoms with Crippen LogP contribution in [0.5, 0.6) is 0 Å². The highest BCUT2D eigenvalue weighted by atomic mass is 35.5. The molecule has 1 aromatic rings. The molecule has 2 amide bonds. The Labute approximate surface area is 124 Å². The van der Waals surface area contributed by atoms with E-state index in [2.05, 4.69) is 16.0 Å². The van der Waals surface area contributed by atoms with Crippen molar-refractivity contribution in [2.45, 2.75) is 26.3 Å². The Hall–Kier alpha value is -1.59. The summed E-state index contributed by atoms with van der Waals surface area (Å²) in [5.74, 6) is -0.469. The van der Waals surface area contributed by atoms with Crippen molar-refractivity contribution in [1.82, 2.24) is 10.6 Å². The van der Waals surface area contributed by atoms with Crippen molar-refractivity contribution in [2.75, 3.05) is 18.9 Å². The first-order valence-corrected chi connectivity index (χ1v) is 6.67. The molecule has 6 heteroatoms.